The Hall–Kier alpha value is -1.64. The molecule has 0 atom stereocenters. The third-order valence-corrected chi connectivity index (χ3v) is 5.72. The van der Waals surface area contributed by atoms with Gasteiger partial charge in [-0.05, 0) is 39.1 Å². The molecule has 146 valence electrons. The largest absolute Gasteiger partial charge is 0.354 e. The Labute approximate surface area is 157 Å². The first-order valence-electron chi connectivity index (χ1n) is 8.97. The Bertz CT molecular complexity index is 683. The van der Waals surface area contributed by atoms with E-state index in [1.54, 1.807) is 12.1 Å². The van der Waals surface area contributed by atoms with E-state index in [0.29, 0.717) is 12.2 Å². The summed E-state index contributed by atoms with van der Waals surface area (Å²) in [6.07, 6.45) is 1.98. The van der Waals surface area contributed by atoms with Crippen molar-refractivity contribution in [3.05, 3.63) is 29.8 Å². The molecule has 1 fully saturated rings. The van der Waals surface area contributed by atoms with E-state index in [4.69, 9.17) is 0 Å². The Balaban J connectivity index is 1.79. The van der Waals surface area contributed by atoms with Gasteiger partial charge in [-0.1, -0.05) is 17.7 Å². The third kappa shape index (κ3) is 6.59. The number of benzene rings is 1. The minimum atomic E-state index is -3.52. The summed E-state index contributed by atoms with van der Waals surface area (Å²) in [4.78, 5) is 16.9. The van der Waals surface area contributed by atoms with Crippen molar-refractivity contribution in [3.8, 4) is 0 Å². The van der Waals surface area contributed by atoms with Crippen molar-refractivity contribution in [3.63, 3.8) is 0 Å². The SMILES string of the molecule is Cc1ccc(N(CC(=O)NCCCN2CCN(C)CC2)S(C)(=O)=O)cc1. The summed E-state index contributed by atoms with van der Waals surface area (Å²) in [5.74, 6) is -0.283. The zero-order chi connectivity index (χ0) is 19.2. The van der Waals surface area contributed by atoms with Gasteiger partial charge in [0.25, 0.3) is 0 Å². The van der Waals surface area contributed by atoms with E-state index in [-0.39, 0.29) is 12.5 Å². The number of aryl methyl sites for hydroxylation is 1. The summed E-state index contributed by atoms with van der Waals surface area (Å²) in [6.45, 7) is 7.49. The molecule has 1 amide bonds. The number of nitrogens with zero attached hydrogens (tertiary/aromatic N) is 3. The van der Waals surface area contributed by atoms with E-state index in [1.807, 2.05) is 19.1 Å². The van der Waals surface area contributed by atoms with E-state index in [9.17, 15) is 13.2 Å². The molecule has 0 saturated carbocycles. The van der Waals surface area contributed by atoms with Crippen molar-refractivity contribution in [2.24, 2.45) is 0 Å². The zero-order valence-electron chi connectivity index (χ0n) is 15.9. The molecular formula is C18H30N4O3S. The third-order valence-electron chi connectivity index (χ3n) is 4.58. The molecule has 2 rings (SSSR count). The molecule has 1 aromatic carbocycles. The topological polar surface area (TPSA) is 73.0 Å². The second-order valence-electron chi connectivity index (χ2n) is 6.95. The number of amides is 1. The van der Waals surface area contributed by atoms with Crippen molar-refractivity contribution >= 4 is 21.6 Å². The summed E-state index contributed by atoms with van der Waals surface area (Å²) in [7, 11) is -1.40. The molecule has 1 aromatic rings. The molecule has 0 radical (unpaired) electrons. The molecule has 7 nitrogen and oxygen atoms in total. The molecular weight excluding hydrogens is 352 g/mol. The van der Waals surface area contributed by atoms with Gasteiger partial charge in [0.2, 0.25) is 15.9 Å². The minimum absolute atomic E-state index is 0.198. The summed E-state index contributed by atoms with van der Waals surface area (Å²) in [5, 5.41) is 2.83. The molecule has 0 unspecified atom stereocenters. The number of piperazine rings is 1. The molecule has 0 bridgehead atoms. The van der Waals surface area contributed by atoms with E-state index in [1.165, 1.54) is 0 Å². The van der Waals surface area contributed by atoms with Crippen LogP contribution in [0.1, 0.15) is 12.0 Å². The van der Waals surface area contributed by atoms with Gasteiger partial charge < -0.3 is 15.1 Å². The standard InChI is InChI=1S/C18H30N4O3S/c1-16-5-7-17(8-6-16)22(26(3,24)25)15-18(23)19-9-4-10-21-13-11-20(2)12-14-21/h5-8H,4,9-15H2,1-3H3,(H,19,23). The highest BCUT2D eigenvalue weighted by Gasteiger charge is 2.20. The number of sulfonamides is 1. The van der Waals surface area contributed by atoms with Crippen LogP contribution in [0.2, 0.25) is 0 Å². The number of carbonyl (C=O) groups excluding carboxylic acids is 1. The summed E-state index contributed by atoms with van der Waals surface area (Å²) in [5.41, 5.74) is 1.54. The van der Waals surface area contributed by atoms with Gasteiger partial charge in [0.05, 0.1) is 11.9 Å². The average Bonchev–Trinajstić information content (AvgIpc) is 2.58. The van der Waals surface area contributed by atoms with Crippen LogP contribution >= 0.6 is 0 Å². The molecule has 26 heavy (non-hydrogen) atoms. The van der Waals surface area contributed by atoms with Gasteiger partial charge in [-0.3, -0.25) is 9.10 Å². The van der Waals surface area contributed by atoms with Gasteiger partial charge in [0.15, 0.2) is 0 Å². The van der Waals surface area contributed by atoms with Crippen LogP contribution in [0.25, 0.3) is 0 Å². The fourth-order valence-electron chi connectivity index (χ4n) is 2.90. The van der Waals surface area contributed by atoms with Gasteiger partial charge >= 0.3 is 0 Å². The van der Waals surface area contributed by atoms with Crippen LogP contribution in [0.3, 0.4) is 0 Å². The second kappa shape index (κ2) is 9.34. The molecule has 8 heteroatoms. The molecule has 1 heterocycles. The lowest BCUT2D eigenvalue weighted by atomic mass is 10.2. The predicted molar refractivity (Wildman–Crippen MR) is 105 cm³/mol. The molecule has 1 aliphatic heterocycles. The van der Waals surface area contributed by atoms with Crippen LogP contribution in [0, 0.1) is 6.92 Å². The molecule has 1 aliphatic rings. The smallest absolute Gasteiger partial charge is 0.240 e. The molecule has 0 aliphatic carbocycles. The van der Waals surface area contributed by atoms with Crippen molar-refractivity contribution in [2.45, 2.75) is 13.3 Å². The van der Waals surface area contributed by atoms with E-state index < -0.39 is 10.0 Å². The second-order valence-corrected chi connectivity index (χ2v) is 8.86. The van der Waals surface area contributed by atoms with E-state index >= 15 is 0 Å². The van der Waals surface area contributed by atoms with Crippen molar-refractivity contribution in [2.75, 3.05) is 63.4 Å². The molecule has 0 aromatic heterocycles. The quantitative estimate of drug-likeness (QED) is 0.664. The highest BCUT2D eigenvalue weighted by molar-refractivity contribution is 7.92. The highest BCUT2D eigenvalue weighted by Crippen LogP contribution is 2.17. The van der Waals surface area contributed by atoms with Crippen molar-refractivity contribution in [1.82, 2.24) is 15.1 Å². The lowest BCUT2D eigenvalue weighted by molar-refractivity contribution is -0.119. The molecule has 1 saturated heterocycles. The first-order chi connectivity index (χ1) is 12.3. The summed E-state index contributed by atoms with van der Waals surface area (Å²) < 4.78 is 25.2. The van der Waals surface area contributed by atoms with Gasteiger partial charge in [-0.25, -0.2) is 8.42 Å². The fraction of sp³-hybridized carbons (Fsp3) is 0.611. The van der Waals surface area contributed by atoms with Crippen LogP contribution in [0.5, 0.6) is 0 Å². The Morgan fingerprint density at radius 2 is 1.77 bits per heavy atom. The predicted octanol–water partition coefficient (Wildman–Crippen LogP) is 0.515. The molecule has 0 spiro atoms. The van der Waals surface area contributed by atoms with E-state index in [2.05, 4.69) is 22.2 Å². The van der Waals surface area contributed by atoms with Crippen molar-refractivity contribution in [1.29, 1.82) is 0 Å². The monoisotopic (exact) mass is 382 g/mol. The first-order valence-corrected chi connectivity index (χ1v) is 10.8. The van der Waals surface area contributed by atoms with E-state index in [0.717, 1.165) is 55.3 Å². The lowest BCUT2D eigenvalue weighted by Gasteiger charge is -2.32. The minimum Gasteiger partial charge on any atom is -0.354 e. The average molecular weight is 383 g/mol. The van der Waals surface area contributed by atoms with Gasteiger partial charge in [-0.15, -0.1) is 0 Å². The van der Waals surface area contributed by atoms with Crippen LogP contribution in [-0.4, -0.2) is 83.2 Å². The normalized spacial score (nSPS) is 16.4. The van der Waals surface area contributed by atoms with Crippen LogP contribution in [0.15, 0.2) is 24.3 Å². The summed E-state index contributed by atoms with van der Waals surface area (Å²) in [6, 6.07) is 7.11. The Morgan fingerprint density at radius 1 is 1.15 bits per heavy atom. The number of nitrogens with one attached hydrogen (secondary N) is 1. The Kier molecular flexibility index (Phi) is 7.43. The molecule has 1 N–H and O–H groups in total. The maximum absolute atomic E-state index is 12.2. The van der Waals surface area contributed by atoms with Gasteiger partial charge in [-0.2, -0.15) is 0 Å². The highest BCUT2D eigenvalue weighted by atomic mass is 32.2. The van der Waals surface area contributed by atoms with Crippen LogP contribution in [0.4, 0.5) is 5.69 Å². The lowest BCUT2D eigenvalue weighted by Crippen LogP contribution is -2.45. The maximum atomic E-state index is 12.2. The first kappa shape index (κ1) is 20.7. The number of rotatable bonds is 8. The van der Waals surface area contributed by atoms with Gasteiger partial charge in [0, 0.05) is 32.7 Å². The number of carbonyl (C=O) groups is 1. The maximum Gasteiger partial charge on any atom is 0.240 e. The fourth-order valence-corrected chi connectivity index (χ4v) is 3.76. The van der Waals surface area contributed by atoms with Gasteiger partial charge in [0.1, 0.15) is 6.54 Å². The zero-order valence-corrected chi connectivity index (χ0v) is 16.8. The summed E-state index contributed by atoms with van der Waals surface area (Å²) >= 11 is 0. The van der Waals surface area contributed by atoms with Crippen LogP contribution in [-0.2, 0) is 14.8 Å². The number of hydrogen-bond acceptors (Lipinski definition) is 5. The van der Waals surface area contributed by atoms with Crippen molar-refractivity contribution < 1.29 is 13.2 Å². The number of anilines is 1. The number of hydrogen-bond donors (Lipinski definition) is 1. The Morgan fingerprint density at radius 3 is 2.35 bits per heavy atom. The van der Waals surface area contributed by atoms with Crippen LogP contribution < -0.4 is 9.62 Å². The number of likely N-dealkylation sites (N-methyl/N-ethyl adjacent to an activating group) is 1.